The third kappa shape index (κ3) is 3.11. The molecule has 118 valence electrons. The van der Waals surface area contributed by atoms with Crippen LogP contribution in [0, 0.1) is 0 Å². The summed E-state index contributed by atoms with van der Waals surface area (Å²) in [5.41, 5.74) is 1.50. The first-order valence-electron chi connectivity index (χ1n) is 8.03. The number of rotatable bonds is 5. The van der Waals surface area contributed by atoms with Gasteiger partial charge in [0.1, 0.15) is 5.75 Å². The van der Waals surface area contributed by atoms with Gasteiger partial charge in [0.2, 0.25) is 0 Å². The van der Waals surface area contributed by atoms with E-state index in [4.69, 9.17) is 4.74 Å². The maximum Gasteiger partial charge on any atom is 0.191 e. The monoisotopic (exact) mass is 299 g/mol. The Morgan fingerprint density at radius 3 is 2.64 bits per heavy atom. The zero-order valence-corrected chi connectivity index (χ0v) is 13.4. The Balaban J connectivity index is 1.62. The van der Waals surface area contributed by atoms with E-state index in [-0.39, 0.29) is 5.41 Å². The molecule has 0 atom stereocenters. The molecule has 0 unspecified atom stereocenters. The smallest absolute Gasteiger partial charge is 0.191 e. The van der Waals surface area contributed by atoms with Crippen LogP contribution in [0.5, 0.6) is 5.75 Å². The highest BCUT2D eigenvalue weighted by atomic mass is 16.5. The molecule has 3 rings (SSSR count). The average Bonchev–Trinajstić information content (AvgIpc) is 3.18. The molecule has 22 heavy (non-hydrogen) atoms. The lowest BCUT2D eigenvalue weighted by Crippen LogP contribution is -2.45. The van der Waals surface area contributed by atoms with Gasteiger partial charge in [-0.25, -0.2) is 0 Å². The van der Waals surface area contributed by atoms with Crippen LogP contribution in [-0.2, 0) is 5.41 Å². The summed E-state index contributed by atoms with van der Waals surface area (Å²) in [6.07, 6.45) is 9.01. The molecule has 1 aromatic rings. The number of ether oxygens (including phenoxy) is 1. The highest BCUT2D eigenvalue weighted by molar-refractivity contribution is 5.80. The van der Waals surface area contributed by atoms with E-state index in [1.807, 2.05) is 19.2 Å². The summed E-state index contributed by atoms with van der Waals surface area (Å²) >= 11 is 0. The minimum absolute atomic E-state index is 0.193. The predicted molar refractivity (Wildman–Crippen MR) is 90.6 cm³/mol. The normalized spacial score (nSPS) is 20.0. The Morgan fingerprint density at radius 2 is 2.00 bits per heavy atom. The van der Waals surface area contributed by atoms with Crippen molar-refractivity contribution in [2.45, 2.75) is 37.1 Å². The van der Waals surface area contributed by atoms with Crippen LogP contribution in [0.4, 0.5) is 0 Å². The first-order valence-corrected chi connectivity index (χ1v) is 8.03. The summed E-state index contributed by atoms with van der Waals surface area (Å²) < 4.78 is 5.53. The highest BCUT2D eigenvalue weighted by Crippen LogP contribution is 2.50. The van der Waals surface area contributed by atoms with Gasteiger partial charge in [0.05, 0.1) is 7.11 Å². The number of guanidine groups is 1. The van der Waals surface area contributed by atoms with Gasteiger partial charge in [-0.05, 0) is 31.7 Å². The van der Waals surface area contributed by atoms with Gasteiger partial charge >= 0.3 is 0 Å². The predicted octanol–water partition coefficient (Wildman–Crippen LogP) is 2.61. The first kappa shape index (κ1) is 14.9. The number of nitrogens with one attached hydrogen (secondary N) is 2. The lowest BCUT2D eigenvalue weighted by Gasteiger charge is -2.22. The fourth-order valence-electron chi connectivity index (χ4n) is 3.15. The Hall–Kier alpha value is -1.97. The van der Waals surface area contributed by atoms with E-state index in [9.17, 15) is 0 Å². The van der Waals surface area contributed by atoms with E-state index in [1.165, 1.54) is 18.4 Å². The summed E-state index contributed by atoms with van der Waals surface area (Å²) in [6, 6.07) is 8.83. The number of benzene rings is 1. The molecule has 4 heteroatoms. The average molecular weight is 299 g/mol. The van der Waals surface area contributed by atoms with Crippen molar-refractivity contribution >= 4 is 5.96 Å². The van der Waals surface area contributed by atoms with Crippen molar-refractivity contribution in [3.05, 3.63) is 42.0 Å². The van der Waals surface area contributed by atoms with Crippen LogP contribution in [0.25, 0.3) is 0 Å². The van der Waals surface area contributed by atoms with Gasteiger partial charge in [0.15, 0.2) is 5.96 Å². The second-order valence-electron chi connectivity index (χ2n) is 6.19. The van der Waals surface area contributed by atoms with Crippen molar-refractivity contribution in [3.63, 3.8) is 0 Å². The Kier molecular flexibility index (Phi) is 4.36. The van der Waals surface area contributed by atoms with Crippen molar-refractivity contribution in [3.8, 4) is 5.75 Å². The van der Waals surface area contributed by atoms with E-state index in [1.54, 1.807) is 7.11 Å². The van der Waals surface area contributed by atoms with E-state index in [0.717, 1.165) is 31.1 Å². The summed E-state index contributed by atoms with van der Waals surface area (Å²) in [7, 11) is 3.58. The zero-order valence-electron chi connectivity index (χ0n) is 13.4. The second kappa shape index (κ2) is 6.42. The van der Waals surface area contributed by atoms with Crippen molar-refractivity contribution in [2.24, 2.45) is 4.99 Å². The molecule has 2 aliphatic rings. The second-order valence-corrected chi connectivity index (χ2v) is 6.19. The Bertz CT molecular complexity index is 567. The number of nitrogens with zero attached hydrogens (tertiary/aromatic N) is 1. The molecule has 0 amide bonds. The molecule has 0 aromatic heterocycles. The van der Waals surface area contributed by atoms with Crippen molar-refractivity contribution in [1.29, 1.82) is 0 Å². The molecule has 0 bridgehead atoms. The van der Waals surface area contributed by atoms with Crippen LogP contribution in [-0.4, -0.2) is 32.7 Å². The zero-order chi connectivity index (χ0) is 15.4. The lowest BCUT2D eigenvalue weighted by atomic mass is 9.95. The molecule has 1 fully saturated rings. The first-order chi connectivity index (χ1) is 10.8. The maximum absolute atomic E-state index is 5.53. The quantitative estimate of drug-likeness (QED) is 0.499. The van der Waals surface area contributed by atoms with Crippen molar-refractivity contribution < 1.29 is 4.74 Å². The molecular formula is C18H25N3O. The van der Waals surface area contributed by atoms with Gasteiger partial charge in [-0.1, -0.05) is 30.4 Å². The summed E-state index contributed by atoms with van der Waals surface area (Å²) in [6.45, 7) is 0.896. The molecule has 0 saturated heterocycles. The lowest BCUT2D eigenvalue weighted by molar-refractivity contribution is 0.403. The van der Waals surface area contributed by atoms with Crippen LogP contribution in [0.1, 0.15) is 31.2 Å². The summed E-state index contributed by atoms with van der Waals surface area (Å²) in [5.74, 6) is 1.89. The minimum atomic E-state index is 0.193. The summed E-state index contributed by atoms with van der Waals surface area (Å²) in [5, 5.41) is 7.00. The van der Waals surface area contributed by atoms with Crippen LogP contribution in [0.15, 0.2) is 41.4 Å². The Labute approximate surface area is 132 Å². The molecule has 0 heterocycles. The molecule has 1 aromatic carbocycles. The SMILES string of the molecule is CN=C(NCC1(c2ccccc2OC)CC1)NC1CC=CC1. The molecule has 2 aliphatic carbocycles. The Morgan fingerprint density at radius 1 is 1.27 bits per heavy atom. The molecule has 0 radical (unpaired) electrons. The molecule has 0 aliphatic heterocycles. The highest BCUT2D eigenvalue weighted by Gasteiger charge is 2.46. The number of hydrogen-bond acceptors (Lipinski definition) is 2. The van der Waals surface area contributed by atoms with Gasteiger partial charge in [-0.15, -0.1) is 0 Å². The number of methoxy groups -OCH3 is 1. The van der Waals surface area contributed by atoms with E-state index < -0.39 is 0 Å². The van der Waals surface area contributed by atoms with Crippen molar-refractivity contribution in [2.75, 3.05) is 20.7 Å². The van der Waals surface area contributed by atoms with E-state index in [2.05, 4.69) is 39.9 Å². The topological polar surface area (TPSA) is 45.7 Å². The van der Waals surface area contributed by atoms with Gasteiger partial charge < -0.3 is 15.4 Å². The molecule has 4 nitrogen and oxygen atoms in total. The number of aliphatic imine (C=N–C) groups is 1. The fourth-order valence-corrected chi connectivity index (χ4v) is 3.15. The third-order valence-corrected chi connectivity index (χ3v) is 4.70. The van der Waals surface area contributed by atoms with Gasteiger partial charge in [0, 0.05) is 30.6 Å². The minimum Gasteiger partial charge on any atom is -0.496 e. The molecule has 0 spiro atoms. The van der Waals surface area contributed by atoms with Gasteiger partial charge in [0.25, 0.3) is 0 Å². The van der Waals surface area contributed by atoms with Crippen molar-refractivity contribution in [1.82, 2.24) is 10.6 Å². The van der Waals surface area contributed by atoms with Crippen LogP contribution in [0.2, 0.25) is 0 Å². The standard InChI is InChI=1S/C18H25N3O/c1-19-17(21-14-7-3-4-8-14)20-13-18(11-12-18)15-9-5-6-10-16(15)22-2/h3-6,9-10,14H,7-8,11-13H2,1-2H3,(H2,19,20,21). The van der Waals surface area contributed by atoms with E-state index in [0.29, 0.717) is 6.04 Å². The van der Waals surface area contributed by atoms with E-state index >= 15 is 0 Å². The summed E-state index contributed by atoms with van der Waals surface area (Å²) in [4.78, 5) is 4.35. The molecule has 1 saturated carbocycles. The number of para-hydroxylation sites is 1. The van der Waals surface area contributed by atoms with Crippen LogP contribution < -0.4 is 15.4 Å². The molecule has 2 N–H and O–H groups in total. The van der Waals surface area contributed by atoms with Crippen LogP contribution in [0.3, 0.4) is 0 Å². The third-order valence-electron chi connectivity index (χ3n) is 4.70. The number of hydrogen-bond donors (Lipinski definition) is 2. The largest absolute Gasteiger partial charge is 0.496 e. The van der Waals surface area contributed by atoms with Gasteiger partial charge in [-0.3, -0.25) is 4.99 Å². The van der Waals surface area contributed by atoms with Crippen LogP contribution >= 0.6 is 0 Å². The van der Waals surface area contributed by atoms with Gasteiger partial charge in [-0.2, -0.15) is 0 Å². The molecular weight excluding hydrogens is 274 g/mol. The maximum atomic E-state index is 5.53. The fraction of sp³-hybridized carbons (Fsp3) is 0.500.